The average Bonchev–Trinajstić information content (AvgIpc) is 3.36. The van der Waals surface area contributed by atoms with E-state index in [9.17, 15) is 9.59 Å². The smallest absolute Gasteiger partial charge is 0.259 e. The minimum atomic E-state index is -0.344. The van der Waals surface area contributed by atoms with Gasteiger partial charge in [-0.1, -0.05) is 36.4 Å². The highest BCUT2D eigenvalue weighted by atomic mass is 16.2. The quantitative estimate of drug-likeness (QED) is 0.512. The molecule has 0 saturated heterocycles. The van der Waals surface area contributed by atoms with Crippen LogP contribution in [0.1, 0.15) is 16.7 Å². The topological polar surface area (TPSA) is 70.1 Å². The Morgan fingerprint density at radius 2 is 1.63 bits per heavy atom. The Morgan fingerprint density at radius 3 is 2.50 bits per heavy atom. The van der Waals surface area contributed by atoms with Gasteiger partial charge >= 0.3 is 0 Å². The predicted octanol–water partition coefficient (Wildman–Crippen LogP) is 3.14. The summed E-state index contributed by atoms with van der Waals surface area (Å²) in [6.07, 6.45) is 3.86. The fraction of sp³-hybridized carbons (Fsp3) is 0.167. The van der Waals surface area contributed by atoms with Crippen molar-refractivity contribution in [3.05, 3.63) is 71.5 Å². The normalized spacial score (nSPS) is 17.2. The average molecular weight is 396 g/mol. The SMILES string of the molecule is CN1CCn2cc(C3=C(c4c[nH]c5ccccc45)C(=O)NC3=O)c3cccc(c32)C1. The number of nitrogens with one attached hydrogen (secondary N) is 2. The van der Waals surface area contributed by atoms with Crippen molar-refractivity contribution in [2.75, 3.05) is 13.6 Å². The van der Waals surface area contributed by atoms with E-state index in [0.717, 1.165) is 52.6 Å². The van der Waals surface area contributed by atoms with E-state index in [1.54, 1.807) is 0 Å². The van der Waals surface area contributed by atoms with Crippen LogP contribution in [0.3, 0.4) is 0 Å². The summed E-state index contributed by atoms with van der Waals surface area (Å²) in [4.78, 5) is 31.4. The Hall–Kier alpha value is -3.64. The van der Waals surface area contributed by atoms with Crippen LogP contribution in [0.15, 0.2) is 54.9 Å². The number of H-pyrrole nitrogens is 1. The van der Waals surface area contributed by atoms with Gasteiger partial charge in [0.25, 0.3) is 11.8 Å². The third-order valence-electron chi connectivity index (χ3n) is 6.20. The Balaban J connectivity index is 1.66. The minimum absolute atomic E-state index is 0.334. The fourth-order valence-corrected chi connectivity index (χ4v) is 4.84. The minimum Gasteiger partial charge on any atom is -0.361 e. The van der Waals surface area contributed by atoms with Gasteiger partial charge in [0.15, 0.2) is 0 Å². The molecule has 0 unspecified atom stereocenters. The molecular weight excluding hydrogens is 376 g/mol. The molecule has 2 amide bonds. The summed E-state index contributed by atoms with van der Waals surface area (Å²) in [5.74, 6) is -0.678. The molecule has 4 heterocycles. The van der Waals surface area contributed by atoms with Gasteiger partial charge in [-0.25, -0.2) is 0 Å². The zero-order valence-electron chi connectivity index (χ0n) is 16.5. The molecule has 6 heteroatoms. The second-order valence-electron chi connectivity index (χ2n) is 8.07. The van der Waals surface area contributed by atoms with Crippen LogP contribution in [0.2, 0.25) is 0 Å². The molecule has 148 valence electrons. The van der Waals surface area contributed by atoms with Gasteiger partial charge in [-0.15, -0.1) is 0 Å². The summed E-state index contributed by atoms with van der Waals surface area (Å²) >= 11 is 0. The van der Waals surface area contributed by atoms with E-state index in [4.69, 9.17) is 0 Å². The Bertz CT molecular complexity index is 1410. The lowest BCUT2D eigenvalue weighted by atomic mass is 9.95. The first-order valence-electron chi connectivity index (χ1n) is 10.1. The summed E-state index contributed by atoms with van der Waals surface area (Å²) in [6, 6.07) is 14.0. The molecule has 6 rings (SSSR count). The highest BCUT2D eigenvalue weighted by Gasteiger charge is 2.35. The lowest BCUT2D eigenvalue weighted by molar-refractivity contribution is -0.122. The number of aromatic nitrogens is 2. The van der Waals surface area contributed by atoms with E-state index < -0.39 is 0 Å². The second kappa shape index (κ2) is 6.18. The summed E-state index contributed by atoms with van der Waals surface area (Å²) in [6.45, 7) is 2.63. The first kappa shape index (κ1) is 17.2. The van der Waals surface area contributed by atoms with Gasteiger partial charge in [0, 0.05) is 59.4 Å². The zero-order valence-corrected chi connectivity index (χ0v) is 16.5. The number of amides is 2. The van der Waals surface area contributed by atoms with Gasteiger partial charge in [-0.3, -0.25) is 14.9 Å². The molecule has 2 aliphatic rings. The summed E-state index contributed by atoms with van der Waals surface area (Å²) in [5.41, 5.74) is 5.80. The molecule has 4 aromatic rings. The maximum atomic E-state index is 13.0. The maximum Gasteiger partial charge on any atom is 0.259 e. The number of hydrogen-bond acceptors (Lipinski definition) is 3. The van der Waals surface area contributed by atoms with E-state index >= 15 is 0 Å². The van der Waals surface area contributed by atoms with E-state index in [-0.39, 0.29) is 11.8 Å². The number of nitrogens with zero attached hydrogens (tertiary/aromatic N) is 2. The first-order valence-corrected chi connectivity index (χ1v) is 10.1. The molecule has 0 radical (unpaired) electrons. The highest BCUT2D eigenvalue weighted by molar-refractivity contribution is 6.50. The Labute approximate surface area is 172 Å². The molecule has 6 nitrogen and oxygen atoms in total. The molecule has 0 aliphatic carbocycles. The molecule has 0 spiro atoms. The largest absolute Gasteiger partial charge is 0.361 e. The van der Waals surface area contributed by atoms with Crippen molar-refractivity contribution in [1.82, 2.24) is 19.8 Å². The van der Waals surface area contributed by atoms with Crippen molar-refractivity contribution in [2.45, 2.75) is 13.1 Å². The van der Waals surface area contributed by atoms with Crippen LogP contribution in [0.5, 0.6) is 0 Å². The van der Waals surface area contributed by atoms with Crippen LogP contribution < -0.4 is 5.32 Å². The van der Waals surface area contributed by atoms with Crippen LogP contribution in [0.4, 0.5) is 0 Å². The van der Waals surface area contributed by atoms with Crippen molar-refractivity contribution in [1.29, 1.82) is 0 Å². The van der Waals surface area contributed by atoms with Crippen LogP contribution in [0.25, 0.3) is 33.0 Å². The van der Waals surface area contributed by atoms with Crippen molar-refractivity contribution in [3.63, 3.8) is 0 Å². The van der Waals surface area contributed by atoms with E-state index in [1.807, 2.05) is 48.8 Å². The standard InChI is InChI=1S/C24H20N4O2/c1-27-9-10-28-13-18(16-7-4-5-14(12-27)22(16)28)21-20(23(29)26-24(21)30)17-11-25-19-8-3-2-6-15(17)19/h2-8,11,13,25H,9-10,12H2,1H3,(H,26,29,30). The van der Waals surface area contributed by atoms with Gasteiger partial charge in [0.2, 0.25) is 0 Å². The van der Waals surface area contributed by atoms with Crippen molar-refractivity contribution in [2.24, 2.45) is 0 Å². The predicted molar refractivity (Wildman–Crippen MR) is 117 cm³/mol. The maximum absolute atomic E-state index is 13.0. The van der Waals surface area contributed by atoms with E-state index in [2.05, 4.69) is 32.9 Å². The molecule has 0 fully saturated rings. The number of fused-ring (bicyclic) bond motifs is 1. The number of aromatic amines is 1. The second-order valence-corrected chi connectivity index (χ2v) is 8.07. The first-order chi connectivity index (χ1) is 14.6. The highest BCUT2D eigenvalue weighted by Crippen LogP contribution is 2.39. The van der Waals surface area contributed by atoms with Gasteiger partial charge < -0.3 is 14.5 Å². The fourth-order valence-electron chi connectivity index (χ4n) is 4.84. The Morgan fingerprint density at radius 1 is 0.867 bits per heavy atom. The van der Waals surface area contributed by atoms with Crippen molar-refractivity contribution in [3.8, 4) is 0 Å². The third kappa shape index (κ3) is 2.34. The Kier molecular flexibility index (Phi) is 3.55. The lowest BCUT2D eigenvalue weighted by Gasteiger charge is -2.13. The van der Waals surface area contributed by atoms with Crippen LogP contribution in [0, 0.1) is 0 Å². The number of benzene rings is 2. The summed E-state index contributed by atoms with van der Waals surface area (Å²) in [5, 5.41) is 4.47. The number of para-hydroxylation sites is 2. The molecular formula is C24H20N4O2. The third-order valence-corrected chi connectivity index (χ3v) is 6.20. The van der Waals surface area contributed by atoms with Gasteiger partial charge in [-0.05, 0) is 18.7 Å². The molecule has 30 heavy (non-hydrogen) atoms. The number of likely N-dealkylation sites (N-methyl/N-ethyl adjacent to an activating group) is 1. The monoisotopic (exact) mass is 396 g/mol. The molecule has 2 N–H and O–H groups in total. The molecule has 0 atom stereocenters. The van der Waals surface area contributed by atoms with Gasteiger partial charge in [0.05, 0.1) is 16.7 Å². The van der Waals surface area contributed by atoms with Gasteiger partial charge in [-0.2, -0.15) is 0 Å². The molecule has 0 saturated carbocycles. The van der Waals surface area contributed by atoms with E-state index in [1.165, 1.54) is 5.56 Å². The molecule has 2 aromatic carbocycles. The van der Waals surface area contributed by atoms with Crippen LogP contribution in [-0.2, 0) is 22.7 Å². The zero-order chi connectivity index (χ0) is 20.4. The number of rotatable bonds is 2. The van der Waals surface area contributed by atoms with Crippen molar-refractivity contribution >= 4 is 44.8 Å². The number of hydrogen-bond donors (Lipinski definition) is 2. The summed E-state index contributed by atoms with van der Waals surface area (Å²) in [7, 11) is 2.12. The van der Waals surface area contributed by atoms with Gasteiger partial charge in [0.1, 0.15) is 0 Å². The summed E-state index contributed by atoms with van der Waals surface area (Å²) < 4.78 is 2.22. The number of carbonyl (C=O) groups is 2. The van der Waals surface area contributed by atoms with Crippen molar-refractivity contribution < 1.29 is 9.59 Å². The van der Waals surface area contributed by atoms with Crippen LogP contribution in [-0.4, -0.2) is 39.9 Å². The van der Waals surface area contributed by atoms with Crippen LogP contribution >= 0.6 is 0 Å². The number of carbonyl (C=O) groups excluding carboxylic acids is 2. The lowest BCUT2D eigenvalue weighted by Crippen LogP contribution is -2.22. The molecule has 0 bridgehead atoms. The molecule has 2 aliphatic heterocycles. The number of imide groups is 1. The molecule has 2 aromatic heterocycles. The van der Waals surface area contributed by atoms with E-state index in [0.29, 0.717) is 11.1 Å².